The maximum Gasteiger partial charge on any atom is 0.224 e. The number of unbranched alkanes of at least 4 members (excludes halogenated alkanes) is 11. The number of carbonyl (C=O) groups excluding carboxylic acids is 1. The molecule has 0 rings (SSSR count). The molecule has 0 aliphatic carbocycles. The summed E-state index contributed by atoms with van der Waals surface area (Å²) in [5.74, 6) is 0.112. The lowest BCUT2D eigenvalue weighted by Crippen LogP contribution is -2.61. The number of aliphatic hydroxyl groups excluding tert-OH is 1. The van der Waals surface area contributed by atoms with Crippen molar-refractivity contribution in [2.45, 2.75) is 129 Å². The number of hydrogen-bond donors (Lipinski definition) is 2. The molecule has 0 heterocycles. The third-order valence-electron chi connectivity index (χ3n) is 6.15. The minimum absolute atomic E-state index is 0.0365. The number of rotatable bonds is 19. The van der Waals surface area contributed by atoms with E-state index in [2.05, 4.69) is 31.3 Å². The largest absolute Gasteiger partial charge is 0.345 e. The monoisotopic (exact) mass is 411 g/mol. The Bertz CT molecular complexity index is 419. The van der Waals surface area contributed by atoms with E-state index in [1.807, 2.05) is 14.1 Å². The molecule has 0 fully saturated rings. The van der Waals surface area contributed by atoms with Gasteiger partial charge in [0.25, 0.3) is 0 Å². The number of carbonyl (C=O) groups is 1. The lowest BCUT2D eigenvalue weighted by Gasteiger charge is -2.40. The molecular formula is C25H51N2O2+. The Morgan fingerprint density at radius 2 is 1.34 bits per heavy atom. The summed E-state index contributed by atoms with van der Waals surface area (Å²) in [5, 5.41) is 13.0. The van der Waals surface area contributed by atoms with Crippen LogP contribution in [0.15, 0.2) is 12.2 Å². The van der Waals surface area contributed by atoms with Crippen LogP contribution in [-0.4, -0.2) is 42.0 Å². The van der Waals surface area contributed by atoms with E-state index in [-0.39, 0.29) is 12.1 Å². The summed E-state index contributed by atoms with van der Waals surface area (Å²) < 4.78 is 0.397. The fourth-order valence-corrected chi connectivity index (χ4v) is 3.61. The summed E-state index contributed by atoms with van der Waals surface area (Å²) in [6, 6.07) is 0. The van der Waals surface area contributed by atoms with Crippen molar-refractivity contribution in [2.75, 3.05) is 14.1 Å². The van der Waals surface area contributed by atoms with Gasteiger partial charge < -0.3 is 10.4 Å². The Labute approximate surface area is 181 Å². The third kappa shape index (κ3) is 14.7. The normalized spacial score (nSPS) is 14.3. The predicted molar refractivity (Wildman–Crippen MR) is 125 cm³/mol. The van der Waals surface area contributed by atoms with Crippen molar-refractivity contribution in [3.63, 3.8) is 0 Å². The first kappa shape index (κ1) is 28.1. The average Bonchev–Trinajstić information content (AvgIpc) is 2.68. The average molecular weight is 412 g/mol. The molecule has 4 nitrogen and oxygen atoms in total. The van der Waals surface area contributed by atoms with Crippen molar-refractivity contribution in [1.29, 1.82) is 0 Å². The number of amides is 1. The first-order valence-corrected chi connectivity index (χ1v) is 12.3. The lowest BCUT2D eigenvalue weighted by atomic mass is 10.1. The molecule has 29 heavy (non-hydrogen) atoms. The van der Waals surface area contributed by atoms with Gasteiger partial charge in [-0.3, -0.25) is 9.28 Å². The summed E-state index contributed by atoms with van der Waals surface area (Å²) in [7, 11) is 3.92. The summed E-state index contributed by atoms with van der Waals surface area (Å²) in [5.41, 5.74) is 0. The van der Waals surface area contributed by atoms with Crippen LogP contribution in [0, 0.1) is 0 Å². The molecule has 0 saturated heterocycles. The van der Waals surface area contributed by atoms with Gasteiger partial charge in [0.05, 0.1) is 14.1 Å². The molecule has 0 spiro atoms. The highest BCUT2D eigenvalue weighted by atomic mass is 16.3. The van der Waals surface area contributed by atoms with Crippen LogP contribution in [0.5, 0.6) is 0 Å². The van der Waals surface area contributed by atoms with Gasteiger partial charge >= 0.3 is 0 Å². The minimum Gasteiger partial charge on any atom is -0.345 e. The third-order valence-corrected chi connectivity index (χ3v) is 6.15. The van der Waals surface area contributed by atoms with Crippen LogP contribution in [0.1, 0.15) is 117 Å². The van der Waals surface area contributed by atoms with E-state index in [0.29, 0.717) is 10.9 Å². The van der Waals surface area contributed by atoms with Crippen LogP contribution < -0.4 is 5.32 Å². The zero-order valence-electron chi connectivity index (χ0n) is 20.2. The molecule has 1 amide bonds. The Balaban J connectivity index is 3.60. The molecule has 0 saturated carbocycles. The minimum atomic E-state index is -0.500. The van der Waals surface area contributed by atoms with E-state index in [1.54, 1.807) is 6.92 Å². The molecule has 0 bridgehead atoms. The van der Waals surface area contributed by atoms with Crippen LogP contribution in [0.4, 0.5) is 0 Å². The number of nitrogens with zero attached hydrogens (tertiary/aromatic N) is 1. The van der Waals surface area contributed by atoms with E-state index < -0.39 is 6.23 Å². The standard InChI is InChI=1S/C25H50N2O2/c1-6-8-9-10-11-12-13-14-15-16-17-18-19-20-21-22-25(29)26-24(7-2)27(4,5)23(3)28/h14-15,23-24,28H,6-13,16-22H2,1-5H3/p+1/b15-14-. The van der Waals surface area contributed by atoms with Crippen molar-refractivity contribution < 1.29 is 14.4 Å². The van der Waals surface area contributed by atoms with Crippen molar-refractivity contribution in [1.82, 2.24) is 5.32 Å². The topological polar surface area (TPSA) is 49.3 Å². The number of allylic oxidation sites excluding steroid dienone is 2. The van der Waals surface area contributed by atoms with Crippen LogP contribution in [0.2, 0.25) is 0 Å². The van der Waals surface area contributed by atoms with Crippen molar-refractivity contribution in [3.05, 3.63) is 12.2 Å². The Morgan fingerprint density at radius 3 is 1.83 bits per heavy atom. The Kier molecular flexibility index (Phi) is 17.4. The fourth-order valence-electron chi connectivity index (χ4n) is 3.61. The van der Waals surface area contributed by atoms with Gasteiger partial charge in [0.1, 0.15) is 0 Å². The highest BCUT2D eigenvalue weighted by molar-refractivity contribution is 5.75. The quantitative estimate of drug-likeness (QED) is 0.114. The summed E-state index contributed by atoms with van der Waals surface area (Å²) in [6.45, 7) is 6.09. The highest BCUT2D eigenvalue weighted by Crippen LogP contribution is 2.13. The molecular weight excluding hydrogens is 360 g/mol. The molecule has 0 aliphatic rings. The lowest BCUT2D eigenvalue weighted by molar-refractivity contribution is -0.959. The molecule has 2 N–H and O–H groups in total. The molecule has 0 aliphatic heterocycles. The molecule has 172 valence electrons. The molecule has 2 unspecified atom stereocenters. The van der Waals surface area contributed by atoms with Gasteiger partial charge in [-0.05, 0) is 32.1 Å². The van der Waals surface area contributed by atoms with Gasteiger partial charge in [-0.15, -0.1) is 0 Å². The van der Waals surface area contributed by atoms with E-state index >= 15 is 0 Å². The van der Waals surface area contributed by atoms with Gasteiger partial charge in [-0.25, -0.2) is 0 Å². The second-order valence-corrected chi connectivity index (χ2v) is 9.09. The number of nitrogens with one attached hydrogen (secondary N) is 1. The summed E-state index contributed by atoms with van der Waals surface area (Å²) in [4.78, 5) is 12.2. The Morgan fingerprint density at radius 1 is 0.862 bits per heavy atom. The van der Waals surface area contributed by atoms with E-state index in [9.17, 15) is 9.90 Å². The van der Waals surface area contributed by atoms with Crippen molar-refractivity contribution in [3.8, 4) is 0 Å². The fraction of sp³-hybridized carbons (Fsp3) is 0.880. The van der Waals surface area contributed by atoms with E-state index in [0.717, 1.165) is 19.3 Å². The maximum atomic E-state index is 12.2. The molecule has 0 aromatic rings. The van der Waals surface area contributed by atoms with Gasteiger partial charge in [0.15, 0.2) is 12.4 Å². The Hall–Kier alpha value is -0.870. The zero-order valence-corrected chi connectivity index (χ0v) is 20.2. The van der Waals surface area contributed by atoms with Crippen LogP contribution in [-0.2, 0) is 4.79 Å². The van der Waals surface area contributed by atoms with Crippen molar-refractivity contribution in [2.24, 2.45) is 0 Å². The number of aliphatic hydroxyl groups is 1. The van der Waals surface area contributed by atoms with Crippen LogP contribution in [0.25, 0.3) is 0 Å². The summed E-state index contributed by atoms with van der Waals surface area (Å²) >= 11 is 0. The van der Waals surface area contributed by atoms with E-state index in [1.165, 1.54) is 70.6 Å². The second-order valence-electron chi connectivity index (χ2n) is 9.09. The molecule has 0 aromatic carbocycles. The molecule has 0 radical (unpaired) electrons. The zero-order chi connectivity index (χ0) is 22.0. The molecule has 4 heteroatoms. The van der Waals surface area contributed by atoms with Crippen LogP contribution in [0.3, 0.4) is 0 Å². The smallest absolute Gasteiger partial charge is 0.224 e. The van der Waals surface area contributed by atoms with Gasteiger partial charge in [0.2, 0.25) is 5.91 Å². The predicted octanol–water partition coefficient (Wildman–Crippen LogP) is 6.29. The van der Waals surface area contributed by atoms with Gasteiger partial charge in [-0.2, -0.15) is 0 Å². The van der Waals surface area contributed by atoms with E-state index in [4.69, 9.17) is 0 Å². The second kappa shape index (κ2) is 17.9. The van der Waals surface area contributed by atoms with Crippen LogP contribution >= 0.6 is 0 Å². The van der Waals surface area contributed by atoms with Crippen molar-refractivity contribution >= 4 is 5.91 Å². The van der Waals surface area contributed by atoms with Gasteiger partial charge in [-0.1, -0.05) is 77.4 Å². The molecule has 2 atom stereocenters. The SMILES string of the molecule is CCCCCCCC/C=C\CCCCCCCC(=O)NC(CC)[N+](C)(C)C(C)O. The maximum absolute atomic E-state index is 12.2. The first-order valence-electron chi connectivity index (χ1n) is 12.3. The number of hydrogen-bond acceptors (Lipinski definition) is 2. The first-order chi connectivity index (χ1) is 13.9. The highest BCUT2D eigenvalue weighted by Gasteiger charge is 2.32. The number of quaternary nitrogens is 1. The van der Waals surface area contributed by atoms with Gasteiger partial charge in [0, 0.05) is 19.8 Å². The molecule has 0 aromatic heterocycles. The summed E-state index contributed by atoms with van der Waals surface area (Å²) in [6.07, 6.45) is 22.1.